The van der Waals surface area contributed by atoms with Gasteiger partial charge in [-0.3, -0.25) is 0 Å². The van der Waals surface area contributed by atoms with Crippen molar-refractivity contribution in [2.75, 3.05) is 6.61 Å². The molecular formula is C34H28F4O6. The summed E-state index contributed by atoms with van der Waals surface area (Å²) in [5.41, 5.74) is 0.559. The first-order valence-electron chi connectivity index (χ1n) is 13.2. The van der Waals surface area contributed by atoms with Gasteiger partial charge in [0.1, 0.15) is 11.5 Å². The van der Waals surface area contributed by atoms with Gasteiger partial charge in [0.15, 0.2) is 34.8 Å². The lowest BCUT2D eigenvalue weighted by molar-refractivity contribution is -0.138. The molecule has 4 rings (SSSR count). The van der Waals surface area contributed by atoms with E-state index in [-0.39, 0.29) is 28.9 Å². The van der Waals surface area contributed by atoms with Crippen LogP contribution in [0.3, 0.4) is 0 Å². The van der Waals surface area contributed by atoms with Crippen molar-refractivity contribution >= 4 is 24.1 Å². The van der Waals surface area contributed by atoms with Crippen molar-refractivity contribution in [3.05, 3.63) is 130 Å². The normalized spacial score (nSPS) is 11.2. The van der Waals surface area contributed by atoms with Gasteiger partial charge in [0.25, 0.3) is 0 Å². The Hall–Kier alpha value is -5.38. The average Bonchev–Trinajstić information content (AvgIpc) is 2.98. The summed E-state index contributed by atoms with van der Waals surface area (Å²) in [7, 11) is 0. The number of carboxylic acids is 1. The number of halogens is 4. The molecule has 6 nitrogen and oxygen atoms in total. The SMILES string of the molecule is C/C(=C\c1cc(F)c(Oc2ccccc2)c(F)c1)C(=O)O.CCOC(=O)/C(C)=C/c1cc(F)c(Oc2ccccc2)c(F)c1. The fraction of sp³-hybridized carbons (Fsp3) is 0.118. The number of rotatable bonds is 9. The van der Waals surface area contributed by atoms with Gasteiger partial charge < -0.3 is 19.3 Å². The Morgan fingerprint density at radius 1 is 0.659 bits per heavy atom. The number of aliphatic carboxylic acids is 1. The lowest BCUT2D eigenvalue weighted by Crippen LogP contribution is -2.05. The third kappa shape index (κ3) is 9.59. The smallest absolute Gasteiger partial charge is 0.333 e. The average molecular weight is 609 g/mol. The van der Waals surface area contributed by atoms with Crippen LogP contribution >= 0.6 is 0 Å². The van der Waals surface area contributed by atoms with Gasteiger partial charge in [0.2, 0.25) is 0 Å². The van der Waals surface area contributed by atoms with E-state index in [1.165, 1.54) is 26.0 Å². The third-order valence-corrected chi connectivity index (χ3v) is 5.67. The first kappa shape index (κ1) is 33.1. The molecule has 228 valence electrons. The highest BCUT2D eigenvalue weighted by Crippen LogP contribution is 2.30. The molecule has 0 heterocycles. The maximum atomic E-state index is 14.1. The molecule has 0 aromatic heterocycles. The summed E-state index contributed by atoms with van der Waals surface area (Å²) in [6, 6.07) is 20.9. The molecule has 44 heavy (non-hydrogen) atoms. The molecular weight excluding hydrogens is 580 g/mol. The van der Waals surface area contributed by atoms with E-state index in [4.69, 9.17) is 19.3 Å². The Kier molecular flexibility index (Phi) is 11.8. The first-order valence-corrected chi connectivity index (χ1v) is 13.2. The van der Waals surface area contributed by atoms with Crippen LogP contribution in [-0.4, -0.2) is 23.7 Å². The quantitative estimate of drug-likeness (QED) is 0.116. The Morgan fingerprint density at radius 2 is 1.02 bits per heavy atom. The lowest BCUT2D eigenvalue weighted by Gasteiger charge is -2.09. The number of esters is 1. The van der Waals surface area contributed by atoms with Crippen LogP contribution in [0.4, 0.5) is 17.6 Å². The first-order chi connectivity index (χ1) is 21.0. The van der Waals surface area contributed by atoms with Crippen molar-refractivity contribution in [2.24, 2.45) is 0 Å². The molecule has 0 atom stereocenters. The number of para-hydroxylation sites is 2. The predicted octanol–water partition coefficient (Wildman–Crippen LogP) is 8.97. The summed E-state index contributed by atoms with van der Waals surface area (Å²) in [6.45, 7) is 4.77. The highest BCUT2D eigenvalue weighted by molar-refractivity contribution is 5.93. The molecule has 0 saturated heterocycles. The summed E-state index contributed by atoms with van der Waals surface area (Å²) in [4.78, 5) is 22.2. The highest BCUT2D eigenvalue weighted by atomic mass is 19.1. The van der Waals surface area contributed by atoms with Gasteiger partial charge in [-0.25, -0.2) is 27.2 Å². The van der Waals surface area contributed by atoms with Gasteiger partial charge in [-0.05, 0) is 92.6 Å². The monoisotopic (exact) mass is 608 g/mol. The van der Waals surface area contributed by atoms with E-state index in [2.05, 4.69) is 0 Å². The zero-order valence-electron chi connectivity index (χ0n) is 23.9. The maximum Gasteiger partial charge on any atom is 0.333 e. The van der Waals surface area contributed by atoms with Crippen molar-refractivity contribution in [3.8, 4) is 23.0 Å². The van der Waals surface area contributed by atoms with Crippen molar-refractivity contribution in [3.63, 3.8) is 0 Å². The molecule has 0 bridgehead atoms. The minimum atomic E-state index is -1.15. The zero-order chi connectivity index (χ0) is 32.2. The number of ether oxygens (including phenoxy) is 3. The van der Waals surface area contributed by atoms with E-state index < -0.39 is 46.7 Å². The van der Waals surface area contributed by atoms with Crippen LogP contribution in [0.5, 0.6) is 23.0 Å². The van der Waals surface area contributed by atoms with Crippen LogP contribution in [0, 0.1) is 23.3 Å². The molecule has 0 unspecified atom stereocenters. The standard InChI is InChI=1S/C18H16F2O3.C16H12F2O3/c1-3-22-18(21)12(2)9-13-10-15(19)17(16(20)11-13)23-14-7-5-4-6-8-14;1-10(16(19)20)7-11-8-13(17)15(14(18)9-11)21-12-5-3-2-4-6-12/h4-11H,3H2,1-2H3;2-9H,1H3,(H,19,20)/b12-9+;10-7+. The van der Waals surface area contributed by atoms with E-state index in [1.54, 1.807) is 67.6 Å². The summed E-state index contributed by atoms with van der Waals surface area (Å²) < 4.78 is 71.2. The van der Waals surface area contributed by atoms with Crippen LogP contribution in [0.25, 0.3) is 12.2 Å². The van der Waals surface area contributed by atoms with E-state index >= 15 is 0 Å². The van der Waals surface area contributed by atoms with Gasteiger partial charge in [-0.2, -0.15) is 0 Å². The number of hydrogen-bond acceptors (Lipinski definition) is 5. The minimum Gasteiger partial charge on any atom is -0.478 e. The zero-order valence-corrected chi connectivity index (χ0v) is 23.9. The second-order valence-electron chi connectivity index (χ2n) is 9.14. The number of carbonyl (C=O) groups excluding carboxylic acids is 1. The van der Waals surface area contributed by atoms with E-state index in [0.29, 0.717) is 11.5 Å². The van der Waals surface area contributed by atoms with E-state index in [9.17, 15) is 27.2 Å². The molecule has 0 aliphatic rings. The van der Waals surface area contributed by atoms with Gasteiger partial charge in [-0.15, -0.1) is 0 Å². The summed E-state index contributed by atoms with van der Waals surface area (Å²) >= 11 is 0. The number of carboxylic acid groups (broad SMARTS) is 1. The maximum absolute atomic E-state index is 14.1. The predicted molar refractivity (Wildman–Crippen MR) is 157 cm³/mol. The number of carbonyl (C=O) groups is 2. The van der Waals surface area contributed by atoms with Crippen molar-refractivity contribution in [2.45, 2.75) is 20.8 Å². The molecule has 4 aromatic rings. The van der Waals surface area contributed by atoms with Crippen LogP contribution in [0.2, 0.25) is 0 Å². The summed E-state index contributed by atoms with van der Waals surface area (Å²) in [5.74, 6) is -5.55. The van der Waals surface area contributed by atoms with Crippen molar-refractivity contribution < 1.29 is 46.5 Å². The van der Waals surface area contributed by atoms with E-state index in [1.807, 2.05) is 0 Å². The third-order valence-electron chi connectivity index (χ3n) is 5.67. The molecule has 0 saturated carbocycles. The van der Waals surface area contributed by atoms with Crippen LogP contribution < -0.4 is 9.47 Å². The van der Waals surface area contributed by atoms with Crippen LogP contribution in [-0.2, 0) is 14.3 Å². The number of benzene rings is 4. The van der Waals surface area contributed by atoms with Crippen LogP contribution in [0.1, 0.15) is 31.9 Å². The topological polar surface area (TPSA) is 82.1 Å². The Labute approximate surface area is 251 Å². The second-order valence-corrected chi connectivity index (χ2v) is 9.14. The fourth-order valence-electron chi connectivity index (χ4n) is 3.60. The molecule has 0 aliphatic carbocycles. The molecule has 0 spiro atoms. The molecule has 0 radical (unpaired) electrons. The van der Waals surface area contributed by atoms with Crippen molar-refractivity contribution in [1.29, 1.82) is 0 Å². The highest BCUT2D eigenvalue weighted by Gasteiger charge is 2.15. The molecule has 0 fully saturated rings. The van der Waals surface area contributed by atoms with Crippen LogP contribution in [0.15, 0.2) is 96.1 Å². The van der Waals surface area contributed by atoms with Gasteiger partial charge in [0.05, 0.1) is 6.61 Å². The molecule has 10 heteroatoms. The minimum absolute atomic E-state index is 0.0227. The fourth-order valence-corrected chi connectivity index (χ4v) is 3.60. The molecule has 0 amide bonds. The molecule has 4 aromatic carbocycles. The summed E-state index contributed by atoms with van der Waals surface area (Å²) in [6.07, 6.45) is 2.54. The summed E-state index contributed by atoms with van der Waals surface area (Å²) in [5, 5.41) is 8.75. The molecule has 0 aliphatic heterocycles. The largest absolute Gasteiger partial charge is 0.478 e. The Morgan fingerprint density at radius 3 is 1.36 bits per heavy atom. The van der Waals surface area contributed by atoms with E-state index in [0.717, 1.165) is 24.3 Å². The Bertz CT molecular complexity index is 1620. The molecule has 1 N–H and O–H groups in total. The van der Waals surface area contributed by atoms with Gasteiger partial charge in [0, 0.05) is 11.1 Å². The van der Waals surface area contributed by atoms with Gasteiger partial charge in [-0.1, -0.05) is 36.4 Å². The second kappa shape index (κ2) is 15.7. The van der Waals surface area contributed by atoms with Gasteiger partial charge >= 0.3 is 11.9 Å². The number of hydrogen-bond donors (Lipinski definition) is 1. The lowest BCUT2D eigenvalue weighted by atomic mass is 10.1. The van der Waals surface area contributed by atoms with Crippen molar-refractivity contribution in [1.82, 2.24) is 0 Å². The Balaban J connectivity index is 0.000000241.